The second kappa shape index (κ2) is 8.89. The van der Waals surface area contributed by atoms with Crippen LogP contribution in [0.25, 0.3) is 0 Å². The van der Waals surface area contributed by atoms with Crippen LogP contribution in [0.15, 0.2) is 18.2 Å². The van der Waals surface area contributed by atoms with Gasteiger partial charge in [0.2, 0.25) is 0 Å². The third-order valence-corrected chi connectivity index (χ3v) is 4.15. The first-order valence-corrected chi connectivity index (χ1v) is 8.11. The molecule has 4 heteroatoms. The molecule has 0 bridgehead atoms. The van der Waals surface area contributed by atoms with E-state index >= 15 is 0 Å². The Morgan fingerprint density at radius 1 is 1.23 bits per heavy atom. The molecule has 2 rings (SSSR count). The van der Waals surface area contributed by atoms with Crippen LogP contribution >= 0.6 is 0 Å². The van der Waals surface area contributed by atoms with E-state index in [9.17, 15) is 9.18 Å². The van der Waals surface area contributed by atoms with Crippen LogP contribution in [-0.4, -0.2) is 37.4 Å². The molecule has 0 saturated carbocycles. The quantitative estimate of drug-likeness (QED) is 0.539. The van der Waals surface area contributed by atoms with Crippen molar-refractivity contribution in [3.63, 3.8) is 0 Å². The lowest BCUT2D eigenvalue weighted by Crippen LogP contribution is -2.30. The monoisotopic (exact) mass is 306 g/mol. The molecule has 22 heavy (non-hydrogen) atoms. The number of rotatable bonds is 8. The summed E-state index contributed by atoms with van der Waals surface area (Å²) in [6.45, 7) is 3.47. The lowest BCUT2D eigenvalue weighted by Gasteiger charge is -2.26. The number of methoxy groups -OCH3 is 1. The maximum atomic E-state index is 13.6. The van der Waals surface area contributed by atoms with Gasteiger partial charge in [-0.25, -0.2) is 4.39 Å². The number of nitrogens with zero attached hydrogens (tertiary/aromatic N) is 1. The predicted octanol–water partition coefficient (Wildman–Crippen LogP) is 3.88. The van der Waals surface area contributed by atoms with Crippen molar-refractivity contribution in [2.75, 3.05) is 26.7 Å². The molecule has 0 amide bonds. The number of carbonyl (C=O) groups is 1. The van der Waals surface area contributed by atoms with Gasteiger partial charge in [0.05, 0.1) is 7.11 Å². The van der Waals surface area contributed by atoms with E-state index in [-0.39, 0.29) is 11.5 Å². The molecule has 0 aliphatic carbocycles. The van der Waals surface area contributed by atoms with Crippen molar-refractivity contribution < 1.29 is 13.9 Å². The minimum absolute atomic E-state index is 0.00845. The summed E-state index contributed by atoms with van der Waals surface area (Å²) in [4.78, 5) is 14.5. The first-order valence-electron chi connectivity index (χ1n) is 8.11. The number of Topliss-reactive ketones (excluding diaryl/α,β-unsaturated/α-hetero) is 1. The zero-order valence-corrected chi connectivity index (χ0v) is 13.3. The fraction of sp³-hybridized carbons (Fsp3) is 0.556. The van der Waals surface area contributed by atoms with Gasteiger partial charge in [-0.1, -0.05) is 6.42 Å². The molecule has 1 aromatic rings. The second-order valence-electron chi connectivity index (χ2n) is 5.79. The molecular formula is C18H25FNO2. The average molecular weight is 306 g/mol. The van der Waals surface area contributed by atoms with Gasteiger partial charge < -0.3 is 9.64 Å². The summed E-state index contributed by atoms with van der Waals surface area (Å²) in [7, 11) is 1.42. The number of piperidine rings is 1. The number of ketones is 1. The van der Waals surface area contributed by atoms with E-state index in [0.717, 1.165) is 25.8 Å². The highest BCUT2D eigenvalue weighted by Crippen LogP contribution is 2.19. The third-order valence-electron chi connectivity index (χ3n) is 4.15. The van der Waals surface area contributed by atoms with Gasteiger partial charge in [0, 0.05) is 12.0 Å². The molecule has 121 valence electrons. The number of unbranched alkanes of at least 4 members (excludes halogenated alkanes) is 2. The third kappa shape index (κ3) is 5.09. The highest BCUT2D eigenvalue weighted by atomic mass is 19.1. The number of halogens is 1. The molecule has 0 aromatic heterocycles. The van der Waals surface area contributed by atoms with Crippen molar-refractivity contribution in [2.45, 2.75) is 38.5 Å². The summed E-state index contributed by atoms with van der Waals surface area (Å²) in [5.74, 6) is -0.292. The Labute approximate surface area is 132 Å². The van der Waals surface area contributed by atoms with Gasteiger partial charge in [-0.2, -0.15) is 0 Å². The highest BCUT2D eigenvalue weighted by molar-refractivity contribution is 5.96. The largest absolute Gasteiger partial charge is 0.494 e. The van der Waals surface area contributed by atoms with Crippen LogP contribution in [0.5, 0.6) is 5.75 Å². The molecule has 1 radical (unpaired) electrons. The molecule has 0 unspecified atom stereocenters. The van der Waals surface area contributed by atoms with E-state index in [0.29, 0.717) is 12.0 Å². The summed E-state index contributed by atoms with van der Waals surface area (Å²) >= 11 is 0. The Balaban J connectivity index is 1.66. The van der Waals surface area contributed by atoms with Crippen LogP contribution in [0.1, 0.15) is 48.9 Å². The summed E-state index contributed by atoms with van der Waals surface area (Å²) in [6, 6.07) is 4.41. The number of carbonyl (C=O) groups excluding carboxylic acids is 1. The van der Waals surface area contributed by atoms with Crippen molar-refractivity contribution in [3.8, 4) is 5.75 Å². The second-order valence-corrected chi connectivity index (χ2v) is 5.79. The first kappa shape index (κ1) is 16.9. The van der Waals surface area contributed by atoms with Gasteiger partial charge in [0.15, 0.2) is 17.3 Å². The molecule has 3 nitrogen and oxygen atoms in total. The Morgan fingerprint density at radius 3 is 2.68 bits per heavy atom. The van der Waals surface area contributed by atoms with Crippen molar-refractivity contribution >= 4 is 5.78 Å². The van der Waals surface area contributed by atoms with E-state index in [1.54, 1.807) is 6.07 Å². The van der Waals surface area contributed by atoms with Crippen molar-refractivity contribution in [2.24, 2.45) is 0 Å². The van der Waals surface area contributed by atoms with Crippen LogP contribution in [-0.2, 0) is 0 Å². The summed E-state index contributed by atoms with van der Waals surface area (Å²) in [5, 5.41) is 0. The summed E-state index contributed by atoms with van der Waals surface area (Å²) in [6.07, 6.45) is 8.27. The number of hydrogen-bond donors (Lipinski definition) is 0. The summed E-state index contributed by atoms with van der Waals surface area (Å²) in [5.41, 5.74) is 0.435. The van der Waals surface area contributed by atoms with Gasteiger partial charge in [0.1, 0.15) is 0 Å². The molecule has 1 saturated heterocycles. The van der Waals surface area contributed by atoms with Crippen LogP contribution in [0.2, 0.25) is 0 Å². The van der Waals surface area contributed by atoms with E-state index in [1.165, 1.54) is 45.2 Å². The molecule has 1 heterocycles. The van der Waals surface area contributed by atoms with E-state index in [1.807, 2.05) is 0 Å². The summed E-state index contributed by atoms with van der Waals surface area (Å²) < 4.78 is 18.4. The van der Waals surface area contributed by atoms with Gasteiger partial charge >= 0.3 is 0 Å². The maximum Gasteiger partial charge on any atom is 0.165 e. The normalized spacial score (nSPS) is 15.7. The minimum atomic E-state index is -0.477. The number of ether oxygens (including phenoxy) is 1. The molecular weight excluding hydrogens is 281 g/mol. The number of benzene rings is 1. The van der Waals surface area contributed by atoms with Crippen molar-refractivity contribution in [1.82, 2.24) is 4.90 Å². The smallest absolute Gasteiger partial charge is 0.165 e. The van der Waals surface area contributed by atoms with Crippen molar-refractivity contribution in [3.05, 3.63) is 36.0 Å². The number of hydrogen-bond acceptors (Lipinski definition) is 3. The van der Waals surface area contributed by atoms with Gasteiger partial charge in [-0.05, 0) is 69.9 Å². The zero-order chi connectivity index (χ0) is 15.8. The highest BCUT2D eigenvalue weighted by Gasteiger charge is 2.11. The Kier molecular flexibility index (Phi) is 6.84. The van der Waals surface area contributed by atoms with E-state index in [2.05, 4.69) is 11.3 Å². The lowest BCUT2D eigenvalue weighted by atomic mass is 10.0. The lowest BCUT2D eigenvalue weighted by molar-refractivity contribution is 0.0978. The molecule has 1 aliphatic rings. The number of likely N-dealkylation sites (tertiary alicyclic amines) is 1. The standard InChI is InChI=1S/C18H25FNO2/c1-22-18-10-9-15(14-16(18)19)17(21)8-4-2-5-11-20-12-6-3-7-13-20/h3,9-10,14H,2,4-8,11-13H2,1H3. The molecule has 0 atom stereocenters. The van der Waals surface area contributed by atoms with Crippen LogP contribution in [0.3, 0.4) is 0 Å². The minimum Gasteiger partial charge on any atom is -0.494 e. The van der Waals surface area contributed by atoms with E-state index in [4.69, 9.17) is 4.74 Å². The SMILES string of the molecule is COc1ccc(C(=O)CCCCCN2CC[CH]CC2)cc1F. The Hall–Kier alpha value is -1.42. The fourth-order valence-corrected chi connectivity index (χ4v) is 2.81. The maximum absolute atomic E-state index is 13.6. The van der Waals surface area contributed by atoms with E-state index < -0.39 is 5.82 Å². The van der Waals surface area contributed by atoms with Crippen molar-refractivity contribution in [1.29, 1.82) is 0 Å². The van der Waals surface area contributed by atoms with Crippen LogP contribution < -0.4 is 4.74 Å². The molecule has 0 N–H and O–H groups in total. The zero-order valence-electron chi connectivity index (χ0n) is 13.3. The fourth-order valence-electron chi connectivity index (χ4n) is 2.81. The molecule has 1 aliphatic heterocycles. The molecule has 1 fully saturated rings. The van der Waals surface area contributed by atoms with Gasteiger partial charge in [-0.3, -0.25) is 4.79 Å². The first-order chi connectivity index (χ1) is 10.7. The Morgan fingerprint density at radius 2 is 2.00 bits per heavy atom. The topological polar surface area (TPSA) is 29.5 Å². The van der Waals surface area contributed by atoms with Gasteiger partial charge in [-0.15, -0.1) is 0 Å². The molecule has 1 aromatic carbocycles. The van der Waals surface area contributed by atoms with Crippen LogP contribution in [0.4, 0.5) is 4.39 Å². The predicted molar refractivity (Wildman–Crippen MR) is 85.7 cm³/mol. The van der Waals surface area contributed by atoms with Gasteiger partial charge in [0.25, 0.3) is 0 Å². The Bertz CT molecular complexity index is 484. The molecule has 0 spiro atoms. The average Bonchev–Trinajstić information content (AvgIpc) is 2.55. The van der Waals surface area contributed by atoms with Crippen LogP contribution in [0, 0.1) is 12.2 Å².